The highest BCUT2D eigenvalue weighted by atomic mass is 16.2. The van der Waals surface area contributed by atoms with Gasteiger partial charge >= 0.3 is 0 Å². The maximum Gasteiger partial charge on any atom is 0.272 e. The molecule has 0 atom stereocenters. The second-order valence-electron chi connectivity index (χ2n) is 6.85. The molecule has 130 valence electrons. The summed E-state index contributed by atoms with van der Waals surface area (Å²) in [5.74, 6) is -0.0278. The molecule has 1 aromatic heterocycles. The maximum atomic E-state index is 12.8. The van der Waals surface area contributed by atoms with Gasteiger partial charge in [0.25, 0.3) is 5.91 Å². The van der Waals surface area contributed by atoms with Crippen LogP contribution in [0.4, 0.5) is 0 Å². The number of aromatic nitrogens is 2. The highest BCUT2D eigenvalue weighted by Gasteiger charge is 2.21. The zero-order chi connectivity index (χ0) is 16.9. The lowest BCUT2D eigenvalue weighted by molar-refractivity contribution is 0.0923. The van der Waals surface area contributed by atoms with Crippen LogP contribution in [0.25, 0.3) is 10.9 Å². The van der Waals surface area contributed by atoms with E-state index in [1.807, 2.05) is 28.9 Å². The zero-order valence-corrected chi connectivity index (χ0v) is 14.8. The SMILES string of the molecule is CCCn1nc(C(=O)NC2CCCN(C)CCC2)c2ccccc21. The van der Waals surface area contributed by atoms with E-state index in [9.17, 15) is 4.79 Å². The van der Waals surface area contributed by atoms with Crippen LogP contribution in [0.1, 0.15) is 49.5 Å². The summed E-state index contributed by atoms with van der Waals surface area (Å²) in [6, 6.07) is 8.28. The standard InChI is InChI=1S/C19H28N4O/c1-3-12-23-17-11-5-4-10-16(17)18(21-23)19(24)20-15-8-6-13-22(2)14-7-9-15/h4-5,10-11,15H,3,6-9,12-14H2,1-2H3,(H,20,24). The molecular formula is C19H28N4O. The largest absolute Gasteiger partial charge is 0.348 e. The lowest BCUT2D eigenvalue weighted by Crippen LogP contribution is -2.38. The molecule has 0 unspecified atom stereocenters. The molecule has 2 aromatic rings. The molecule has 2 heterocycles. The van der Waals surface area contributed by atoms with Gasteiger partial charge in [0.1, 0.15) is 0 Å². The minimum atomic E-state index is -0.0278. The van der Waals surface area contributed by atoms with Crippen molar-refractivity contribution in [2.45, 2.75) is 51.6 Å². The topological polar surface area (TPSA) is 50.2 Å². The lowest BCUT2D eigenvalue weighted by Gasteiger charge is -2.25. The van der Waals surface area contributed by atoms with Crippen molar-refractivity contribution < 1.29 is 4.79 Å². The first-order valence-electron chi connectivity index (χ1n) is 9.14. The third-order valence-corrected chi connectivity index (χ3v) is 4.83. The Bertz CT molecular complexity index is 684. The maximum absolute atomic E-state index is 12.8. The number of aryl methyl sites for hydroxylation is 1. The molecule has 0 saturated carbocycles. The summed E-state index contributed by atoms with van der Waals surface area (Å²) in [4.78, 5) is 15.2. The van der Waals surface area contributed by atoms with Gasteiger partial charge in [-0.1, -0.05) is 25.1 Å². The number of carbonyl (C=O) groups excluding carboxylic acids is 1. The van der Waals surface area contributed by atoms with Crippen LogP contribution in [-0.4, -0.2) is 46.8 Å². The molecule has 1 amide bonds. The molecule has 0 aliphatic carbocycles. The van der Waals surface area contributed by atoms with Gasteiger partial charge in [0.05, 0.1) is 5.52 Å². The molecule has 1 N–H and O–H groups in total. The fourth-order valence-corrected chi connectivity index (χ4v) is 3.55. The number of nitrogens with zero attached hydrogens (tertiary/aromatic N) is 3. The number of amides is 1. The van der Waals surface area contributed by atoms with E-state index in [4.69, 9.17) is 0 Å². The highest BCUT2D eigenvalue weighted by molar-refractivity contribution is 6.04. The molecule has 5 heteroatoms. The third-order valence-electron chi connectivity index (χ3n) is 4.83. The van der Waals surface area contributed by atoms with Crippen molar-refractivity contribution in [3.8, 4) is 0 Å². The van der Waals surface area contributed by atoms with E-state index in [1.54, 1.807) is 0 Å². The summed E-state index contributed by atoms with van der Waals surface area (Å²) >= 11 is 0. The van der Waals surface area contributed by atoms with Crippen molar-refractivity contribution in [2.75, 3.05) is 20.1 Å². The van der Waals surface area contributed by atoms with Crippen LogP contribution < -0.4 is 5.32 Å². The van der Waals surface area contributed by atoms with Crippen LogP contribution >= 0.6 is 0 Å². The molecule has 5 nitrogen and oxygen atoms in total. The van der Waals surface area contributed by atoms with Crippen molar-refractivity contribution >= 4 is 16.8 Å². The summed E-state index contributed by atoms with van der Waals surface area (Å²) in [5, 5.41) is 8.78. The zero-order valence-electron chi connectivity index (χ0n) is 14.8. The molecule has 0 spiro atoms. The Morgan fingerprint density at radius 2 is 1.96 bits per heavy atom. The monoisotopic (exact) mass is 328 g/mol. The van der Waals surface area contributed by atoms with E-state index in [0.717, 1.165) is 62.6 Å². The Kier molecular flexibility index (Phi) is 5.51. The number of benzene rings is 1. The van der Waals surface area contributed by atoms with E-state index in [0.29, 0.717) is 5.69 Å². The fraction of sp³-hybridized carbons (Fsp3) is 0.579. The van der Waals surface area contributed by atoms with E-state index in [2.05, 4.69) is 29.3 Å². The van der Waals surface area contributed by atoms with E-state index < -0.39 is 0 Å². The summed E-state index contributed by atoms with van der Waals surface area (Å²) in [7, 11) is 2.17. The third kappa shape index (κ3) is 3.78. The number of likely N-dealkylation sites (tertiary alicyclic amines) is 1. The Balaban J connectivity index is 1.76. The van der Waals surface area contributed by atoms with E-state index in [1.165, 1.54) is 0 Å². The van der Waals surface area contributed by atoms with Crippen LogP contribution in [0.15, 0.2) is 24.3 Å². The molecule has 0 radical (unpaired) electrons. The Labute approximate surface area is 144 Å². The molecule has 1 saturated heterocycles. The van der Waals surface area contributed by atoms with Gasteiger partial charge in [-0.15, -0.1) is 0 Å². The molecule has 1 aliphatic heterocycles. The first kappa shape index (κ1) is 17.0. The molecule has 3 rings (SSSR count). The lowest BCUT2D eigenvalue weighted by atomic mass is 10.0. The number of carbonyl (C=O) groups is 1. The fourth-order valence-electron chi connectivity index (χ4n) is 3.55. The number of hydrogen-bond donors (Lipinski definition) is 1. The van der Waals surface area contributed by atoms with Crippen molar-refractivity contribution in [3.05, 3.63) is 30.0 Å². The second-order valence-corrected chi connectivity index (χ2v) is 6.85. The van der Waals surface area contributed by atoms with Crippen molar-refractivity contribution in [2.24, 2.45) is 0 Å². The summed E-state index contributed by atoms with van der Waals surface area (Å²) in [6.07, 6.45) is 5.36. The van der Waals surface area contributed by atoms with E-state index >= 15 is 0 Å². The van der Waals surface area contributed by atoms with Crippen LogP contribution in [0.5, 0.6) is 0 Å². The predicted molar refractivity (Wildman–Crippen MR) is 97.2 cm³/mol. The smallest absolute Gasteiger partial charge is 0.272 e. The molecule has 1 fully saturated rings. The van der Waals surface area contributed by atoms with Crippen molar-refractivity contribution in [1.82, 2.24) is 20.0 Å². The number of para-hydroxylation sites is 1. The molecule has 1 aliphatic rings. The van der Waals surface area contributed by atoms with Crippen molar-refractivity contribution in [1.29, 1.82) is 0 Å². The molecule has 1 aromatic carbocycles. The Morgan fingerprint density at radius 1 is 1.25 bits per heavy atom. The number of hydrogen-bond acceptors (Lipinski definition) is 3. The molecule has 0 bridgehead atoms. The normalized spacial score (nSPS) is 17.6. The second kappa shape index (κ2) is 7.79. The van der Waals surface area contributed by atoms with Gasteiger partial charge in [-0.3, -0.25) is 9.48 Å². The van der Waals surface area contributed by atoms with Gasteiger partial charge in [-0.25, -0.2) is 0 Å². The minimum absolute atomic E-state index is 0.0278. The predicted octanol–water partition coefficient (Wildman–Crippen LogP) is 3.05. The summed E-state index contributed by atoms with van der Waals surface area (Å²) in [6.45, 7) is 5.19. The van der Waals surface area contributed by atoms with Crippen LogP contribution in [-0.2, 0) is 6.54 Å². The van der Waals surface area contributed by atoms with E-state index in [-0.39, 0.29) is 11.9 Å². The first-order valence-corrected chi connectivity index (χ1v) is 9.14. The van der Waals surface area contributed by atoms with Crippen LogP contribution in [0.3, 0.4) is 0 Å². The molecule has 24 heavy (non-hydrogen) atoms. The van der Waals surface area contributed by atoms with Gasteiger partial charge in [0.2, 0.25) is 0 Å². The first-order chi connectivity index (χ1) is 11.7. The van der Waals surface area contributed by atoms with Gasteiger partial charge in [-0.2, -0.15) is 5.10 Å². The number of fused-ring (bicyclic) bond motifs is 1. The average molecular weight is 328 g/mol. The summed E-state index contributed by atoms with van der Waals surface area (Å²) in [5.41, 5.74) is 1.61. The van der Waals surface area contributed by atoms with Gasteiger partial charge in [0, 0.05) is 18.0 Å². The van der Waals surface area contributed by atoms with Crippen LogP contribution in [0, 0.1) is 0 Å². The minimum Gasteiger partial charge on any atom is -0.348 e. The Morgan fingerprint density at radius 3 is 2.67 bits per heavy atom. The van der Waals surface area contributed by atoms with Gasteiger partial charge < -0.3 is 10.2 Å². The number of nitrogens with one attached hydrogen (secondary N) is 1. The van der Waals surface area contributed by atoms with Crippen molar-refractivity contribution in [3.63, 3.8) is 0 Å². The van der Waals surface area contributed by atoms with Gasteiger partial charge in [0.15, 0.2) is 5.69 Å². The Hall–Kier alpha value is -1.88. The van der Waals surface area contributed by atoms with Gasteiger partial charge in [-0.05, 0) is 58.3 Å². The molecular weight excluding hydrogens is 300 g/mol. The average Bonchev–Trinajstić information content (AvgIpc) is 2.92. The number of rotatable bonds is 4. The quantitative estimate of drug-likeness (QED) is 0.938. The van der Waals surface area contributed by atoms with Crippen LogP contribution in [0.2, 0.25) is 0 Å². The highest BCUT2D eigenvalue weighted by Crippen LogP contribution is 2.19. The summed E-state index contributed by atoms with van der Waals surface area (Å²) < 4.78 is 1.96.